The predicted molar refractivity (Wildman–Crippen MR) is 82.8 cm³/mol. The maximum absolute atomic E-state index is 12.5. The van der Waals surface area contributed by atoms with Crippen molar-refractivity contribution in [3.05, 3.63) is 14.7 Å². The molecular formula is C12H18BrNO4S2. The van der Waals surface area contributed by atoms with E-state index in [1.807, 2.05) is 20.8 Å². The Bertz CT molecular complexity index is 595. The minimum atomic E-state index is -3.69. The second kappa shape index (κ2) is 6.55. The molecule has 0 bridgehead atoms. The highest BCUT2D eigenvalue weighted by atomic mass is 79.9. The van der Waals surface area contributed by atoms with E-state index in [9.17, 15) is 13.2 Å². The van der Waals surface area contributed by atoms with Gasteiger partial charge in [0, 0.05) is 13.1 Å². The number of hydrogen-bond acceptors (Lipinski definition) is 4. The number of nitrogens with zero attached hydrogens (tertiary/aromatic N) is 1. The smallest absolute Gasteiger partial charge is 0.345 e. The molecule has 1 rings (SSSR count). The van der Waals surface area contributed by atoms with E-state index in [2.05, 4.69) is 15.9 Å². The third-order valence-electron chi connectivity index (χ3n) is 2.96. The Balaban J connectivity index is 3.13. The molecule has 5 nitrogen and oxygen atoms in total. The normalized spacial score (nSPS) is 13.9. The van der Waals surface area contributed by atoms with Crippen LogP contribution in [0.5, 0.6) is 0 Å². The molecule has 0 saturated heterocycles. The van der Waals surface area contributed by atoms with Crippen LogP contribution in [0.15, 0.2) is 14.7 Å². The molecule has 1 unspecified atom stereocenters. The zero-order chi connectivity index (χ0) is 15.7. The number of aromatic carboxylic acids is 1. The van der Waals surface area contributed by atoms with Crippen LogP contribution >= 0.6 is 27.3 Å². The summed E-state index contributed by atoms with van der Waals surface area (Å²) in [5.41, 5.74) is 0. The summed E-state index contributed by atoms with van der Waals surface area (Å²) in [6.45, 7) is 5.90. The molecule has 0 saturated carbocycles. The summed E-state index contributed by atoms with van der Waals surface area (Å²) in [6, 6.07) is 1.05. The molecular weight excluding hydrogens is 366 g/mol. The van der Waals surface area contributed by atoms with E-state index in [0.717, 1.165) is 17.8 Å². The first-order chi connectivity index (χ1) is 9.07. The van der Waals surface area contributed by atoms with Crippen molar-refractivity contribution in [2.24, 2.45) is 5.92 Å². The number of thiophene rings is 1. The standard InChI is InChI=1S/C12H18BrNO4S2/c1-7(2)5-8(3)14(4)20(17,18)10-6-9(12(15)16)19-11(10)13/h6-8H,5H2,1-4H3,(H,15,16). The lowest BCUT2D eigenvalue weighted by atomic mass is 10.1. The van der Waals surface area contributed by atoms with E-state index in [1.165, 1.54) is 17.4 Å². The minimum absolute atomic E-state index is 0.000336. The van der Waals surface area contributed by atoms with Gasteiger partial charge in [-0.1, -0.05) is 13.8 Å². The molecule has 0 aromatic carbocycles. The van der Waals surface area contributed by atoms with Crippen LogP contribution < -0.4 is 0 Å². The van der Waals surface area contributed by atoms with Crippen molar-refractivity contribution in [1.29, 1.82) is 0 Å². The summed E-state index contributed by atoms with van der Waals surface area (Å²) < 4.78 is 26.7. The van der Waals surface area contributed by atoms with E-state index in [1.54, 1.807) is 0 Å². The molecule has 1 atom stereocenters. The van der Waals surface area contributed by atoms with Gasteiger partial charge >= 0.3 is 5.97 Å². The van der Waals surface area contributed by atoms with Gasteiger partial charge in [0.1, 0.15) is 9.77 Å². The van der Waals surface area contributed by atoms with E-state index in [0.29, 0.717) is 9.70 Å². The molecule has 1 aromatic rings. The molecule has 114 valence electrons. The van der Waals surface area contributed by atoms with Crippen LogP contribution in [0.3, 0.4) is 0 Å². The second-order valence-corrected chi connectivity index (χ2v) is 9.39. The average molecular weight is 384 g/mol. The largest absolute Gasteiger partial charge is 0.477 e. The number of halogens is 1. The first kappa shape index (κ1) is 17.6. The summed E-state index contributed by atoms with van der Waals surface area (Å²) >= 11 is 4.04. The summed E-state index contributed by atoms with van der Waals surface area (Å²) in [4.78, 5) is 10.9. The predicted octanol–water partition coefficient (Wildman–Crippen LogP) is 3.26. The molecule has 0 fully saturated rings. The van der Waals surface area contributed by atoms with E-state index >= 15 is 0 Å². The van der Waals surface area contributed by atoms with Gasteiger partial charge in [-0.15, -0.1) is 11.3 Å². The highest BCUT2D eigenvalue weighted by Crippen LogP contribution is 2.34. The van der Waals surface area contributed by atoms with Crippen LogP contribution in [0.2, 0.25) is 0 Å². The van der Waals surface area contributed by atoms with Crippen LogP contribution in [-0.2, 0) is 10.0 Å². The number of carbonyl (C=O) groups is 1. The van der Waals surface area contributed by atoms with Gasteiger partial charge in [-0.05, 0) is 41.3 Å². The molecule has 0 spiro atoms. The van der Waals surface area contributed by atoms with Crippen LogP contribution in [-0.4, -0.2) is 36.9 Å². The Morgan fingerprint density at radius 1 is 1.45 bits per heavy atom. The van der Waals surface area contributed by atoms with Crippen LogP contribution in [0.25, 0.3) is 0 Å². The molecule has 8 heteroatoms. The van der Waals surface area contributed by atoms with Crippen LogP contribution in [0, 0.1) is 5.92 Å². The minimum Gasteiger partial charge on any atom is -0.477 e. The maximum atomic E-state index is 12.5. The van der Waals surface area contributed by atoms with Crippen molar-refractivity contribution < 1.29 is 18.3 Å². The van der Waals surface area contributed by atoms with Crippen molar-refractivity contribution in [1.82, 2.24) is 4.31 Å². The first-order valence-corrected chi connectivity index (χ1v) is 9.13. The Hall–Kier alpha value is -0.440. The zero-order valence-corrected chi connectivity index (χ0v) is 15.0. The molecule has 0 aliphatic carbocycles. The van der Waals surface area contributed by atoms with Crippen molar-refractivity contribution >= 4 is 43.3 Å². The fraction of sp³-hybridized carbons (Fsp3) is 0.583. The topological polar surface area (TPSA) is 74.7 Å². The Morgan fingerprint density at radius 3 is 2.40 bits per heavy atom. The van der Waals surface area contributed by atoms with Gasteiger partial charge in [0.2, 0.25) is 10.0 Å². The van der Waals surface area contributed by atoms with Crippen molar-refractivity contribution in [3.8, 4) is 0 Å². The summed E-state index contributed by atoms with van der Waals surface area (Å²) in [7, 11) is -2.17. The quantitative estimate of drug-likeness (QED) is 0.817. The third-order valence-corrected chi connectivity index (χ3v) is 7.17. The average Bonchev–Trinajstić information content (AvgIpc) is 2.70. The van der Waals surface area contributed by atoms with Gasteiger partial charge in [0.15, 0.2) is 0 Å². The molecule has 0 aliphatic heterocycles. The monoisotopic (exact) mass is 383 g/mol. The van der Waals surface area contributed by atoms with Gasteiger partial charge in [0.05, 0.1) is 3.79 Å². The van der Waals surface area contributed by atoms with Gasteiger partial charge < -0.3 is 5.11 Å². The molecule has 1 heterocycles. The summed E-state index contributed by atoms with van der Waals surface area (Å²) in [5.74, 6) is -0.752. The van der Waals surface area contributed by atoms with Crippen molar-refractivity contribution in [2.75, 3.05) is 7.05 Å². The molecule has 1 N–H and O–H groups in total. The van der Waals surface area contributed by atoms with Crippen molar-refractivity contribution in [2.45, 2.75) is 38.1 Å². The highest BCUT2D eigenvalue weighted by Gasteiger charge is 2.30. The van der Waals surface area contributed by atoms with E-state index in [-0.39, 0.29) is 15.8 Å². The number of rotatable bonds is 6. The van der Waals surface area contributed by atoms with E-state index in [4.69, 9.17) is 5.11 Å². The number of carboxylic acids is 1. The number of sulfonamides is 1. The first-order valence-electron chi connectivity index (χ1n) is 6.08. The highest BCUT2D eigenvalue weighted by molar-refractivity contribution is 9.11. The fourth-order valence-corrected chi connectivity index (χ4v) is 5.58. The van der Waals surface area contributed by atoms with Gasteiger partial charge in [0.25, 0.3) is 0 Å². The van der Waals surface area contributed by atoms with Gasteiger partial charge in [-0.3, -0.25) is 0 Å². The Kier molecular flexibility index (Phi) is 5.77. The van der Waals surface area contributed by atoms with Crippen molar-refractivity contribution in [3.63, 3.8) is 0 Å². The van der Waals surface area contributed by atoms with Crippen LogP contribution in [0.1, 0.15) is 36.9 Å². The molecule has 0 aliphatic rings. The lowest BCUT2D eigenvalue weighted by molar-refractivity contribution is 0.0702. The summed E-state index contributed by atoms with van der Waals surface area (Å²) in [5, 5.41) is 8.94. The molecule has 20 heavy (non-hydrogen) atoms. The number of hydrogen-bond donors (Lipinski definition) is 1. The third kappa shape index (κ3) is 3.81. The molecule has 0 amide bonds. The lowest BCUT2D eigenvalue weighted by Crippen LogP contribution is -2.35. The summed E-state index contributed by atoms with van der Waals surface area (Å²) in [6.07, 6.45) is 0.739. The fourth-order valence-electron chi connectivity index (χ4n) is 1.86. The number of carboxylic acid groups (broad SMARTS) is 1. The van der Waals surface area contributed by atoms with Gasteiger partial charge in [-0.2, -0.15) is 4.31 Å². The van der Waals surface area contributed by atoms with E-state index < -0.39 is 16.0 Å². The Labute approximate surface area is 131 Å². The Morgan fingerprint density at radius 2 is 2.00 bits per heavy atom. The SMILES string of the molecule is CC(C)CC(C)N(C)S(=O)(=O)c1cc(C(=O)O)sc1Br. The van der Waals surface area contributed by atoms with Gasteiger partial charge in [-0.25, -0.2) is 13.2 Å². The molecule has 1 aromatic heterocycles. The maximum Gasteiger partial charge on any atom is 0.345 e. The molecule has 0 radical (unpaired) electrons. The second-order valence-electron chi connectivity index (χ2n) is 5.05. The zero-order valence-electron chi connectivity index (χ0n) is 11.8. The lowest BCUT2D eigenvalue weighted by Gasteiger charge is -2.25. The van der Waals surface area contributed by atoms with Crippen LogP contribution in [0.4, 0.5) is 0 Å².